The summed E-state index contributed by atoms with van der Waals surface area (Å²) in [6.45, 7) is 6.23. The maximum atomic E-state index is 12.4. The molecular weight excluding hydrogens is 432 g/mol. The van der Waals surface area contributed by atoms with E-state index in [1.54, 1.807) is 0 Å². The zero-order chi connectivity index (χ0) is 23.6. The number of aromatic nitrogens is 1. The highest BCUT2D eigenvalue weighted by Crippen LogP contribution is 2.22. The molecule has 8 nitrogen and oxygen atoms in total. The highest BCUT2D eigenvalue weighted by atomic mass is 16.5. The predicted octanol–water partition coefficient (Wildman–Crippen LogP) is 2.68. The number of carbonyl (C=O) groups is 1. The van der Waals surface area contributed by atoms with Crippen LogP contribution in [0, 0.1) is 5.92 Å². The van der Waals surface area contributed by atoms with Gasteiger partial charge in [-0.3, -0.25) is 14.6 Å². The van der Waals surface area contributed by atoms with Gasteiger partial charge in [-0.05, 0) is 24.3 Å². The second-order valence-corrected chi connectivity index (χ2v) is 9.57. The molecule has 2 aromatic rings. The lowest BCUT2D eigenvalue weighted by Crippen LogP contribution is -2.48. The third-order valence-electron chi connectivity index (χ3n) is 6.77. The summed E-state index contributed by atoms with van der Waals surface area (Å²) in [6.07, 6.45) is 7.22. The van der Waals surface area contributed by atoms with Crippen LogP contribution in [-0.2, 0) is 17.9 Å². The Morgan fingerprint density at radius 1 is 1.12 bits per heavy atom. The highest BCUT2D eigenvalue weighted by Gasteiger charge is 2.22. The number of β-amino-alcohol motifs (C(OH)–C–C–N with tert-alkyl or cyclic N) is 1. The summed E-state index contributed by atoms with van der Waals surface area (Å²) in [5.41, 5.74) is 1.47. The van der Waals surface area contributed by atoms with Crippen LogP contribution in [0.3, 0.4) is 0 Å². The zero-order valence-electron chi connectivity index (χ0n) is 20.0. The molecule has 1 saturated heterocycles. The molecule has 2 heterocycles. The molecule has 1 atom stereocenters. The molecule has 2 aliphatic rings. The van der Waals surface area contributed by atoms with E-state index in [0.29, 0.717) is 43.8 Å². The van der Waals surface area contributed by atoms with Crippen molar-refractivity contribution >= 4 is 5.91 Å². The van der Waals surface area contributed by atoms with Gasteiger partial charge in [-0.1, -0.05) is 49.6 Å². The second-order valence-electron chi connectivity index (χ2n) is 9.57. The van der Waals surface area contributed by atoms with Gasteiger partial charge in [-0.25, -0.2) is 4.98 Å². The number of hydrogen-bond acceptors (Lipinski definition) is 7. The first kappa shape index (κ1) is 24.9. The van der Waals surface area contributed by atoms with Gasteiger partial charge in [0.2, 0.25) is 5.89 Å². The first-order valence-corrected chi connectivity index (χ1v) is 12.6. The Morgan fingerprint density at radius 3 is 2.62 bits per heavy atom. The Hall–Kier alpha value is -2.26. The van der Waals surface area contributed by atoms with Crippen molar-refractivity contribution in [2.45, 2.75) is 51.4 Å². The Bertz CT molecular complexity index is 861. The van der Waals surface area contributed by atoms with E-state index in [1.807, 2.05) is 30.3 Å². The lowest BCUT2D eigenvalue weighted by Gasteiger charge is -2.34. The van der Waals surface area contributed by atoms with Gasteiger partial charge in [0, 0.05) is 39.3 Å². The number of benzene rings is 1. The maximum Gasteiger partial charge on any atom is 0.273 e. The van der Waals surface area contributed by atoms with Crippen LogP contribution in [0.25, 0.3) is 0 Å². The Kier molecular flexibility index (Phi) is 9.50. The van der Waals surface area contributed by atoms with Crippen LogP contribution in [0.1, 0.15) is 54.0 Å². The Morgan fingerprint density at radius 2 is 1.85 bits per heavy atom. The standard InChI is InChI=1S/C26H38N4O4/c31-23(19-33-18-22-9-5-2-6-10-22)16-29-11-13-30(14-12-29)17-25-28-24(20-34-25)26(32)27-15-21-7-3-1-4-8-21/h2,5-6,9-10,20-21,23,31H,1,3-4,7-8,11-19H2,(H,27,32). The molecule has 2 N–H and O–H groups in total. The van der Waals surface area contributed by atoms with Crippen molar-refractivity contribution in [1.82, 2.24) is 20.1 Å². The largest absolute Gasteiger partial charge is 0.447 e. The van der Waals surface area contributed by atoms with Crippen molar-refractivity contribution in [2.75, 3.05) is 45.9 Å². The minimum atomic E-state index is -0.503. The number of hydrogen-bond donors (Lipinski definition) is 2. The average molecular weight is 471 g/mol. The first-order valence-electron chi connectivity index (χ1n) is 12.6. The molecule has 2 fully saturated rings. The van der Waals surface area contributed by atoms with E-state index in [4.69, 9.17) is 9.15 Å². The summed E-state index contributed by atoms with van der Waals surface area (Å²) in [5.74, 6) is 1.02. The minimum absolute atomic E-state index is 0.145. The molecule has 1 aliphatic carbocycles. The van der Waals surface area contributed by atoms with Crippen LogP contribution >= 0.6 is 0 Å². The molecule has 1 unspecified atom stereocenters. The summed E-state index contributed by atoms with van der Waals surface area (Å²) in [7, 11) is 0. The summed E-state index contributed by atoms with van der Waals surface area (Å²) in [4.78, 5) is 21.3. The van der Waals surface area contributed by atoms with E-state index in [1.165, 1.54) is 38.4 Å². The minimum Gasteiger partial charge on any atom is -0.447 e. The van der Waals surface area contributed by atoms with Gasteiger partial charge in [0.1, 0.15) is 6.26 Å². The SMILES string of the molecule is O=C(NCC1CCCCC1)c1coc(CN2CCN(CC(O)COCc3ccccc3)CC2)n1. The van der Waals surface area contributed by atoms with Gasteiger partial charge in [-0.2, -0.15) is 0 Å². The van der Waals surface area contributed by atoms with E-state index < -0.39 is 6.10 Å². The number of amides is 1. The van der Waals surface area contributed by atoms with Crippen molar-refractivity contribution in [2.24, 2.45) is 5.92 Å². The van der Waals surface area contributed by atoms with Crippen molar-refractivity contribution in [3.63, 3.8) is 0 Å². The molecule has 1 aromatic heterocycles. The number of piperazine rings is 1. The molecule has 1 amide bonds. The summed E-state index contributed by atoms with van der Waals surface area (Å²) in [5, 5.41) is 13.3. The maximum absolute atomic E-state index is 12.4. The van der Waals surface area contributed by atoms with Crippen molar-refractivity contribution in [3.8, 4) is 0 Å². The van der Waals surface area contributed by atoms with Gasteiger partial charge in [0.05, 0.1) is 25.9 Å². The number of nitrogens with zero attached hydrogens (tertiary/aromatic N) is 3. The number of ether oxygens (including phenoxy) is 1. The Balaban J connectivity index is 1.11. The van der Waals surface area contributed by atoms with E-state index in [9.17, 15) is 9.90 Å². The highest BCUT2D eigenvalue weighted by molar-refractivity contribution is 5.91. The fraction of sp³-hybridized carbons (Fsp3) is 0.615. The summed E-state index contributed by atoms with van der Waals surface area (Å²) < 4.78 is 11.2. The Labute approximate surface area is 202 Å². The van der Waals surface area contributed by atoms with E-state index in [-0.39, 0.29) is 5.91 Å². The van der Waals surface area contributed by atoms with Gasteiger partial charge in [0.25, 0.3) is 5.91 Å². The number of carbonyl (C=O) groups excluding carboxylic acids is 1. The fourth-order valence-electron chi connectivity index (χ4n) is 4.77. The fourth-order valence-corrected chi connectivity index (χ4v) is 4.77. The second kappa shape index (κ2) is 13.0. The number of nitrogens with one attached hydrogen (secondary N) is 1. The van der Waals surface area contributed by atoms with Crippen LogP contribution in [0.5, 0.6) is 0 Å². The van der Waals surface area contributed by atoms with Gasteiger partial charge >= 0.3 is 0 Å². The number of aliphatic hydroxyl groups excluding tert-OH is 1. The van der Waals surface area contributed by atoms with E-state index in [2.05, 4.69) is 20.1 Å². The third-order valence-corrected chi connectivity index (χ3v) is 6.77. The van der Waals surface area contributed by atoms with Crippen LogP contribution in [0.15, 0.2) is 41.0 Å². The predicted molar refractivity (Wildman–Crippen MR) is 129 cm³/mol. The van der Waals surface area contributed by atoms with Crippen molar-refractivity contribution in [1.29, 1.82) is 0 Å². The molecule has 0 spiro atoms. The lowest BCUT2D eigenvalue weighted by molar-refractivity contribution is 0.000371. The molecule has 1 saturated carbocycles. The third kappa shape index (κ3) is 7.91. The monoisotopic (exact) mass is 470 g/mol. The number of oxazole rings is 1. The molecule has 0 bridgehead atoms. The molecule has 0 radical (unpaired) electrons. The van der Waals surface area contributed by atoms with Gasteiger partial charge in [-0.15, -0.1) is 0 Å². The number of rotatable bonds is 11. The summed E-state index contributed by atoms with van der Waals surface area (Å²) in [6, 6.07) is 9.99. The van der Waals surface area contributed by atoms with E-state index >= 15 is 0 Å². The van der Waals surface area contributed by atoms with Crippen LogP contribution in [0.4, 0.5) is 0 Å². The topological polar surface area (TPSA) is 91.1 Å². The smallest absolute Gasteiger partial charge is 0.273 e. The molecule has 1 aliphatic heterocycles. The molecular formula is C26H38N4O4. The van der Waals surface area contributed by atoms with Crippen molar-refractivity contribution in [3.05, 3.63) is 53.7 Å². The van der Waals surface area contributed by atoms with Gasteiger partial charge < -0.3 is 19.6 Å². The first-order chi connectivity index (χ1) is 16.7. The average Bonchev–Trinajstić information content (AvgIpc) is 3.34. The van der Waals surface area contributed by atoms with Crippen LogP contribution < -0.4 is 5.32 Å². The molecule has 4 rings (SSSR count). The number of aliphatic hydroxyl groups is 1. The van der Waals surface area contributed by atoms with Crippen LogP contribution in [0.2, 0.25) is 0 Å². The van der Waals surface area contributed by atoms with Gasteiger partial charge in [0.15, 0.2) is 5.69 Å². The van der Waals surface area contributed by atoms with Crippen molar-refractivity contribution < 1.29 is 19.1 Å². The molecule has 186 valence electrons. The van der Waals surface area contributed by atoms with E-state index in [0.717, 1.165) is 38.3 Å². The summed E-state index contributed by atoms with van der Waals surface area (Å²) >= 11 is 0. The quantitative estimate of drug-likeness (QED) is 0.522. The normalized spacial score (nSPS) is 19.2. The molecule has 34 heavy (non-hydrogen) atoms. The zero-order valence-corrected chi connectivity index (χ0v) is 20.0. The molecule has 1 aromatic carbocycles. The van der Waals surface area contributed by atoms with Crippen LogP contribution in [-0.4, -0.2) is 77.8 Å². The molecule has 8 heteroatoms. The lowest BCUT2D eigenvalue weighted by atomic mass is 9.89.